The molecule has 0 bridgehead atoms. The summed E-state index contributed by atoms with van der Waals surface area (Å²) in [6.07, 6.45) is 0. The molecule has 0 aliphatic heterocycles. The number of hydrogen-bond donors (Lipinski definition) is 3. The summed E-state index contributed by atoms with van der Waals surface area (Å²) in [5.74, 6) is -0.213. The van der Waals surface area contributed by atoms with Crippen molar-refractivity contribution in [2.45, 2.75) is 20.4 Å². The molecule has 0 saturated heterocycles. The fourth-order valence-electron chi connectivity index (χ4n) is 2.47. The van der Waals surface area contributed by atoms with Gasteiger partial charge in [0.1, 0.15) is 0 Å². The van der Waals surface area contributed by atoms with E-state index >= 15 is 0 Å². The van der Waals surface area contributed by atoms with Crippen LogP contribution in [0.1, 0.15) is 19.4 Å². The maximum absolute atomic E-state index is 12.3. The molecule has 0 aromatic heterocycles. The number of amides is 2. The van der Waals surface area contributed by atoms with Gasteiger partial charge in [0, 0.05) is 30.5 Å². The van der Waals surface area contributed by atoms with Crippen molar-refractivity contribution in [1.82, 2.24) is 4.90 Å². The normalized spacial score (nSPS) is 10.5. The van der Waals surface area contributed by atoms with Crippen molar-refractivity contribution in [3.05, 3.63) is 54.1 Å². The third-order valence-corrected chi connectivity index (χ3v) is 3.66. The molecule has 2 rings (SSSR count). The lowest BCUT2D eigenvalue weighted by Crippen LogP contribution is -2.32. The lowest BCUT2D eigenvalue weighted by molar-refractivity contribution is -0.117. The molecule has 0 heterocycles. The zero-order valence-electron chi connectivity index (χ0n) is 14.6. The lowest BCUT2D eigenvalue weighted by atomic mass is 10.2. The number of likely N-dealkylation sites (N-methyl/N-ethyl adjacent to an activating group) is 1. The van der Waals surface area contributed by atoms with Crippen LogP contribution in [-0.4, -0.2) is 29.8 Å². The first-order valence-corrected chi connectivity index (χ1v) is 8.20. The Hall–Kier alpha value is -2.86. The molecule has 0 aliphatic rings. The number of nitrogens with one attached hydrogen (secondary N) is 2. The van der Waals surface area contributed by atoms with E-state index in [9.17, 15) is 9.59 Å². The van der Waals surface area contributed by atoms with Gasteiger partial charge in [-0.2, -0.15) is 0 Å². The van der Waals surface area contributed by atoms with E-state index in [0.29, 0.717) is 24.5 Å². The second-order valence-corrected chi connectivity index (χ2v) is 5.86. The summed E-state index contributed by atoms with van der Waals surface area (Å²) in [4.78, 5) is 25.3. The summed E-state index contributed by atoms with van der Waals surface area (Å²) < 4.78 is 0. The summed E-state index contributed by atoms with van der Waals surface area (Å²) in [5.41, 5.74) is 8.99. The van der Waals surface area contributed by atoms with E-state index in [0.717, 1.165) is 17.8 Å². The van der Waals surface area contributed by atoms with Crippen LogP contribution in [0, 0.1) is 0 Å². The summed E-state index contributed by atoms with van der Waals surface area (Å²) in [5, 5.41) is 5.55. The smallest absolute Gasteiger partial charge is 0.238 e. The molecule has 132 valence electrons. The first kappa shape index (κ1) is 18.5. The molecular weight excluding hydrogens is 316 g/mol. The molecule has 0 spiro atoms. The highest BCUT2D eigenvalue weighted by molar-refractivity contribution is 5.93. The highest BCUT2D eigenvalue weighted by Crippen LogP contribution is 2.14. The monoisotopic (exact) mass is 340 g/mol. The summed E-state index contributed by atoms with van der Waals surface area (Å²) in [6.45, 7) is 5.18. The molecule has 2 aromatic rings. The minimum atomic E-state index is -0.128. The van der Waals surface area contributed by atoms with Gasteiger partial charge in [0.15, 0.2) is 0 Å². The summed E-state index contributed by atoms with van der Waals surface area (Å²) in [6, 6.07) is 14.7. The number of carbonyl (C=O) groups is 2. The molecule has 2 amide bonds. The van der Waals surface area contributed by atoms with Gasteiger partial charge in [0.2, 0.25) is 11.8 Å². The maximum Gasteiger partial charge on any atom is 0.238 e. The van der Waals surface area contributed by atoms with Crippen LogP contribution in [0.15, 0.2) is 48.5 Å². The van der Waals surface area contributed by atoms with Crippen molar-refractivity contribution in [2.75, 3.05) is 29.5 Å². The maximum atomic E-state index is 12.3. The van der Waals surface area contributed by atoms with Crippen molar-refractivity contribution in [1.29, 1.82) is 0 Å². The van der Waals surface area contributed by atoms with Gasteiger partial charge in [-0.1, -0.05) is 19.1 Å². The van der Waals surface area contributed by atoms with Crippen LogP contribution in [0.3, 0.4) is 0 Å². The second-order valence-electron chi connectivity index (χ2n) is 5.86. The van der Waals surface area contributed by atoms with Gasteiger partial charge < -0.3 is 16.4 Å². The number of nitrogens with two attached hydrogens (primary N) is 1. The molecule has 0 saturated carbocycles. The van der Waals surface area contributed by atoms with Gasteiger partial charge in [-0.3, -0.25) is 14.5 Å². The fourth-order valence-corrected chi connectivity index (χ4v) is 2.47. The predicted molar refractivity (Wildman–Crippen MR) is 101 cm³/mol. The lowest BCUT2D eigenvalue weighted by Gasteiger charge is -2.20. The Morgan fingerprint density at radius 1 is 1.04 bits per heavy atom. The first-order valence-electron chi connectivity index (χ1n) is 8.20. The first-order chi connectivity index (χ1) is 12.0. The number of anilines is 3. The van der Waals surface area contributed by atoms with Gasteiger partial charge in [-0.05, 0) is 48.5 Å². The molecule has 0 radical (unpaired) electrons. The van der Waals surface area contributed by atoms with E-state index in [1.165, 1.54) is 6.92 Å². The van der Waals surface area contributed by atoms with E-state index in [1.807, 2.05) is 36.1 Å². The van der Waals surface area contributed by atoms with Crippen LogP contribution < -0.4 is 16.4 Å². The topological polar surface area (TPSA) is 87.5 Å². The predicted octanol–water partition coefficient (Wildman–Crippen LogP) is 2.69. The minimum Gasteiger partial charge on any atom is -0.399 e. The van der Waals surface area contributed by atoms with Gasteiger partial charge in [-0.25, -0.2) is 0 Å². The SMILES string of the molecule is CCN(CC(=O)Nc1ccc(NC(C)=O)cc1)Cc1cccc(N)c1. The number of benzene rings is 2. The zero-order valence-corrected chi connectivity index (χ0v) is 14.6. The Labute approximate surface area is 148 Å². The van der Waals surface area contributed by atoms with E-state index < -0.39 is 0 Å². The molecule has 6 heteroatoms. The number of hydrogen-bond acceptors (Lipinski definition) is 4. The van der Waals surface area contributed by atoms with Gasteiger partial charge in [0.25, 0.3) is 0 Å². The van der Waals surface area contributed by atoms with Crippen molar-refractivity contribution in [3.8, 4) is 0 Å². The summed E-state index contributed by atoms with van der Waals surface area (Å²) >= 11 is 0. The van der Waals surface area contributed by atoms with Crippen molar-refractivity contribution >= 4 is 28.9 Å². The van der Waals surface area contributed by atoms with E-state index in [-0.39, 0.29) is 11.8 Å². The van der Waals surface area contributed by atoms with E-state index in [2.05, 4.69) is 10.6 Å². The number of carbonyl (C=O) groups excluding carboxylic acids is 2. The van der Waals surface area contributed by atoms with E-state index in [1.54, 1.807) is 24.3 Å². The average Bonchev–Trinajstić information content (AvgIpc) is 2.55. The van der Waals surface area contributed by atoms with Gasteiger partial charge in [-0.15, -0.1) is 0 Å². The molecule has 0 aliphatic carbocycles. The van der Waals surface area contributed by atoms with Crippen LogP contribution in [0.25, 0.3) is 0 Å². The minimum absolute atomic E-state index is 0.0852. The molecule has 2 aromatic carbocycles. The average molecular weight is 340 g/mol. The van der Waals surface area contributed by atoms with Crippen LogP contribution in [0.2, 0.25) is 0 Å². The number of nitrogens with zero attached hydrogens (tertiary/aromatic N) is 1. The van der Waals surface area contributed by atoms with Crippen LogP contribution in [0.5, 0.6) is 0 Å². The molecule has 0 unspecified atom stereocenters. The quantitative estimate of drug-likeness (QED) is 0.676. The standard InChI is InChI=1S/C19H24N4O2/c1-3-23(12-15-5-4-6-16(20)11-15)13-19(25)22-18-9-7-17(8-10-18)21-14(2)24/h4-11H,3,12-13,20H2,1-2H3,(H,21,24)(H,22,25). The van der Waals surface area contributed by atoms with Crippen molar-refractivity contribution in [3.63, 3.8) is 0 Å². The Balaban J connectivity index is 1.90. The van der Waals surface area contributed by atoms with Crippen LogP contribution in [-0.2, 0) is 16.1 Å². The number of rotatable bonds is 7. The second kappa shape index (κ2) is 8.84. The highest BCUT2D eigenvalue weighted by atomic mass is 16.2. The van der Waals surface area contributed by atoms with Crippen LogP contribution >= 0.6 is 0 Å². The molecule has 25 heavy (non-hydrogen) atoms. The number of nitrogen functional groups attached to an aromatic ring is 1. The van der Waals surface area contributed by atoms with Crippen molar-refractivity contribution < 1.29 is 9.59 Å². The molecular formula is C19H24N4O2. The largest absolute Gasteiger partial charge is 0.399 e. The molecule has 0 fully saturated rings. The third kappa shape index (κ3) is 6.27. The molecule has 4 N–H and O–H groups in total. The summed E-state index contributed by atoms with van der Waals surface area (Å²) in [7, 11) is 0. The Morgan fingerprint density at radius 3 is 2.24 bits per heavy atom. The van der Waals surface area contributed by atoms with E-state index in [4.69, 9.17) is 5.73 Å². The molecule has 0 atom stereocenters. The van der Waals surface area contributed by atoms with Crippen LogP contribution in [0.4, 0.5) is 17.1 Å². The highest BCUT2D eigenvalue weighted by Gasteiger charge is 2.10. The Kier molecular flexibility index (Phi) is 6.54. The fraction of sp³-hybridized carbons (Fsp3) is 0.263. The third-order valence-electron chi connectivity index (χ3n) is 3.66. The zero-order chi connectivity index (χ0) is 18.2. The Bertz CT molecular complexity index is 728. The molecule has 6 nitrogen and oxygen atoms in total. The van der Waals surface area contributed by atoms with Crippen molar-refractivity contribution in [2.24, 2.45) is 0 Å². The Morgan fingerprint density at radius 2 is 1.68 bits per heavy atom. The van der Waals surface area contributed by atoms with Gasteiger partial charge >= 0.3 is 0 Å². The van der Waals surface area contributed by atoms with Gasteiger partial charge in [0.05, 0.1) is 6.54 Å².